The zero-order chi connectivity index (χ0) is 25.6. The fourth-order valence-electron chi connectivity index (χ4n) is 2.91. The molecule has 1 aliphatic heterocycles. The van der Waals surface area contributed by atoms with Crippen LogP contribution in [0.4, 0.5) is 19.1 Å². The average molecular weight is 488 g/mol. The third-order valence-corrected chi connectivity index (χ3v) is 4.60. The first kappa shape index (κ1) is 26.5. The molecule has 34 heavy (non-hydrogen) atoms. The van der Waals surface area contributed by atoms with Gasteiger partial charge in [0.05, 0.1) is 13.7 Å². The van der Waals surface area contributed by atoms with Gasteiger partial charge in [0.1, 0.15) is 0 Å². The monoisotopic (exact) mass is 488 g/mol. The number of anilines is 1. The Balaban J connectivity index is 0.000000739. The molecule has 3 heterocycles. The summed E-state index contributed by atoms with van der Waals surface area (Å²) < 4.78 is 43.8. The number of hydrogen-bond acceptors (Lipinski definition) is 9. The van der Waals surface area contributed by atoms with Crippen LogP contribution in [0, 0.1) is 11.8 Å². The van der Waals surface area contributed by atoms with Crippen molar-refractivity contribution in [1.82, 2.24) is 24.2 Å². The molecular formula is C19H23F3N6O6. The van der Waals surface area contributed by atoms with E-state index in [1.165, 1.54) is 25.6 Å². The van der Waals surface area contributed by atoms with Gasteiger partial charge in [0, 0.05) is 40.2 Å². The van der Waals surface area contributed by atoms with Crippen LogP contribution >= 0.6 is 0 Å². The minimum Gasteiger partial charge on any atom is -0.469 e. The van der Waals surface area contributed by atoms with Crippen molar-refractivity contribution in [3.05, 3.63) is 20.8 Å². The number of hydrogen-bond donors (Lipinski definition) is 1. The number of alkyl halides is 3. The van der Waals surface area contributed by atoms with Gasteiger partial charge >= 0.3 is 29.4 Å². The van der Waals surface area contributed by atoms with Gasteiger partial charge < -0.3 is 19.8 Å². The number of nitrogens with zero attached hydrogens (tertiary/aromatic N) is 5. The Labute approximate surface area is 190 Å². The number of aryl methyl sites for hydroxylation is 1. The molecule has 3 rings (SSSR count). The normalized spacial score (nSPS) is 13.4. The Morgan fingerprint density at radius 1 is 1.21 bits per heavy atom. The molecule has 12 nitrogen and oxygen atoms in total. The van der Waals surface area contributed by atoms with Crippen LogP contribution in [0.25, 0.3) is 11.2 Å². The number of ether oxygens (including phenoxy) is 1. The topological polar surface area (TPSA) is 130 Å². The standard InChI is InChI=1S/C16H17F3N6O4.C3H6O2/c1-3-4-7-24-10-11(21-14(24)23-8-5-20-6-9-23)22(2)15(28)25(12(10)26)29-13(27)16(17,18)19;1-3(4)5-2/h20H,5-9H2,1-2H3;1-2H3. The molecule has 0 spiro atoms. The van der Waals surface area contributed by atoms with E-state index in [0.717, 1.165) is 4.57 Å². The number of nitrogens with one attached hydrogen (secondary N) is 1. The number of fused-ring (bicyclic) bond motifs is 1. The Morgan fingerprint density at radius 3 is 2.29 bits per heavy atom. The molecule has 15 heteroatoms. The van der Waals surface area contributed by atoms with Crippen molar-refractivity contribution >= 4 is 29.1 Å². The average Bonchev–Trinajstić information content (AvgIpc) is 3.18. The lowest BCUT2D eigenvalue weighted by molar-refractivity contribution is -0.200. The maximum Gasteiger partial charge on any atom is 0.493 e. The highest BCUT2D eigenvalue weighted by Gasteiger charge is 2.43. The second-order valence-corrected chi connectivity index (χ2v) is 6.85. The highest BCUT2D eigenvalue weighted by atomic mass is 19.4. The Morgan fingerprint density at radius 2 is 1.79 bits per heavy atom. The molecule has 1 aliphatic rings. The smallest absolute Gasteiger partial charge is 0.469 e. The largest absolute Gasteiger partial charge is 0.493 e. The van der Waals surface area contributed by atoms with Crippen LogP contribution in [0.3, 0.4) is 0 Å². The minimum atomic E-state index is -5.38. The maximum atomic E-state index is 12.8. The molecule has 1 saturated heterocycles. The number of imidazole rings is 1. The van der Waals surface area contributed by atoms with Crippen molar-refractivity contribution in [3.8, 4) is 11.8 Å². The highest BCUT2D eigenvalue weighted by molar-refractivity contribution is 5.77. The molecule has 0 aromatic carbocycles. The first-order chi connectivity index (χ1) is 15.9. The number of halogens is 3. The Kier molecular flexibility index (Phi) is 8.46. The third kappa shape index (κ3) is 5.76. The predicted octanol–water partition coefficient (Wildman–Crippen LogP) is -0.974. The Bertz CT molecular complexity index is 1240. The van der Waals surface area contributed by atoms with Crippen LogP contribution in [0.15, 0.2) is 9.59 Å². The van der Waals surface area contributed by atoms with Crippen molar-refractivity contribution in [1.29, 1.82) is 0 Å². The van der Waals surface area contributed by atoms with Gasteiger partial charge in [-0.05, 0) is 6.92 Å². The lowest BCUT2D eigenvalue weighted by Gasteiger charge is -2.28. The molecular weight excluding hydrogens is 465 g/mol. The zero-order valence-corrected chi connectivity index (χ0v) is 18.9. The summed E-state index contributed by atoms with van der Waals surface area (Å²) >= 11 is 0. The molecule has 0 amide bonds. The van der Waals surface area contributed by atoms with E-state index in [9.17, 15) is 32.3 Å². The number of aromatic nitrogens is 4. The van der Waals surface area contributed by atoms with Crippen LogP contribution in [-0.2, 0) is 27.9 Å². The van der Waals surface area contributed by atoms with Gasteiger partial charge in [-0.25, -0.2) is 9.59 Å². The minimum absolute atomic E-state index is 0.00687. The lowest BCUT2D eigenvalue weighted by Crippen LogP contribution is -2.48. The van der Waals surface area contributed by atoms with Crippen LogP contribution in [-0.4, -0.2) is 70.3 Å². The molecule has 0 radical (unpaired) electrons. The molecule has 2 aromatic rings. The second-order valence-electron chi connectivity index (χ2n) is 6.85. The predicted molar refractivity (Wildman–Crippen MR) is 113 cm³/mol. The van der Waals surface area contributed by atoms with Gasteiger partial charge in [-0.15, -0.1) is 5.92 Å². The molecule has 1 N–H and O–H groups in total. The second kappa shape index (κ2) is 10.9. The van der Waals surface area contributed by atoms with Crippen LogP contribution in [0.1, 0.15) is 13.8 Å². The van der Waals surface area contributed by atoms with Gasteiger partial charge in [-0.1, -0.05) is 10.7 Å². The van der Waals surface area contributed by atoms with Gasteiger partial charge in [0.25, 0.3) is 0 Å². The number of piperazine rings is 1. The van der Waals surface area contributed by atoms with Crippen LogP contribution < -0.4 is 26.3 Å². The van der Waals surface area contributed by atoms with E-state index < -0.39 is 23.4 Å². The third-order valence-electron chi connectivity index (χ3n) is 4.60. The van der Waals surface area contributed by atoms with Crippen molar-refractivity contribution in [2.45, 2.75) is 26.6 Å². The van der Waals surface area contributed by atoms with Crippen molar-refractivity contribution in [3.63, 3.8) is 0 Å². The van der Waals surface area contributed by atoms with E-state index in [0.29, 0.717) is 32.1 Å². The molecule has 2 aromatic heterocycles. The highest BCUT2D eigenvalue weighted by Crippen LogP contribution is 2.20. The van der Waals surface area contributed by atoms with Crippen LogP contribution in [0.2, 0.25) is 0 Å². The van der Waals surface area contributed by atoms with E-state index in [1.807, 2.05) is 4.90 Å². The van der Waals surface area contributed by atoms with E-state index in [4.69, 9.17) is 0 Å². The van der Waals surface area contributed by atoms with Gasteiger partial charge in [0.15, 0.2) is 11.2 Å². The molecule has 1 fully saturated rings. The molecule has 0 unspecified atom stereocenters. The molecule has 0 atom stereocenters. The summed E-state index contributed by atoms with van der Waals surface area (Å²) in [5, 5.41) is 3.17. The van der Waals surface area contributed by atoms with E-state index in [1.54, 1.807) is 6.92 Å². The molecule has 0 aliphatic carbocycles. The first-order valence-corrected chi connectivity index (χ1v) is 9.85. The van der Waals surface area contributed by atoms with Gasteiger partial charge in [0.2, 0.25) is 5.95 Å². The molecule has 0 saturated carbocycles. The van der Waals surface area contributed by atoms with E-state index in [-0.39, 0.29) is 28.4 Å². The number of methoxy groups -OCH3 is 1. The fraction of sp³-hybridized carbons (Fsp3) is 0.526. The summed E-state index contributed by atoms with van der Waals surface area (Å²) in [6.45, 7) is 5.40. The quantitative estimate of drug-likeness (QED) is 0.428. The van der Waals surface area contributed by atoms with Gasteiger partial charge in [-0.2, -0.15) is 18.2 Å². The lowest BCUT2D eigenvalue weighted by atomic mass is 10.4. The molecule has 186 valence electrons. The summed E-state index contributed by atoms with van der Waals surface area (Å²) in [7, 11) is 2.56. The summed E-state index contributed by atoms with van der Waals surface area (Å²) in [5.41, 5.74) is -2.74. The van der Waals surface area contributed by atoms with E-state index >= 15 is 0 Å². The summed E-state index contributed by atoms with van der Waals surface area (Å²) in [5.74, 6) is 2.86. The maximum absolute atomic E-state index is 12.8. The summed E-state index contributed by atoms with van der Waals surface area (Å²) in [6, 6.07) is 0. The van der Waals surface area contributed by atoms with Crippen molar-refractivity contribution < 1.29 is 32.3 Å². The zero-order valence-electron chi connectivity index (χ0n) is 18.9. The van der Waals surface area contributed by atoms with Gasteiger partial charge in [-0.3, -0.25) is 18.7 Å². The van der Waals surface area contributed by atoms with Crippen LogP contribution in [0.5, 0.6) is 0 Å². The molecule has 0 bridgehead atoms. The van der Waals surface area contributed by atoms with Crippen molar-refractivity contribution in [2.75, 3.05) is 38.2 Å². The SMILES string of the molecule is CC#CCn1c(N2CCNCC2)nc2c1c(=O)n(OC(=O)C(F)(F)F)c(=O)n2C.COC(C)=O. The summed E-state index contributed by atoms with van der Waals surface area (Å²) in [4.78, 5) is 56.2. The first-order valence-electron chi connectivity index (χ1n) is 9.85. The number of esters is 1. The fourth-order valence-corrected chi connectivity index (χ4v) is 2.91. The van der Waals surface area contributed by atoms with Crippen molar-refractivity contribution in [2.24, 2.45) is 7.05 Å². The van der Waals surface area contributed by atoms with E-state index in [2.05, 4.69) is 31.7 Å². The Hall–Kier alpha value is -3.80. The number of carbonyl (C=O) groups excluding carboxylic acids is 2. The summed E-state index contributed by atoms with van der Waals surface area (Å²) in [6.07, 6.45) is -5.38. The number of carbonyl (C=O) groups is 2. The number of rotatable bonds is 3.